The summed E-state index contributed by atoms with van der Waals surface area (Å²) in [6.07, 6.45) is -3.18. The van der Waals surface area contributed by atoms with E-state index in [1.165, 1.54) is 17.8 Å². The predicted molar refractivity (Wildman–Crippen MR) is 167 cm³/mol. The number of rotatable bonds is 11. The SMILES string of the molecule is CNc1nc(N)nc2c1ncn2[C@@H]1O[C@H](CO[P@](=S)(N[C@H](C)C(=O)OC(C)C)Oc2cccc3ccccc23)[C@@H](O)[C@@]1(C)F. The van der Waals surface area contributed by atoms with Gasteiger partial charge in [-0.2, -0.15) is 9.97 Å². The number of hydrogen-bond acceptors (Lipinski definition) is 12. The van der Waals surface area contributed by atoms with Crippen LogP contribution in [0.3, 0.4) is 0 Å². The molecule has 4 aromatic rings. The van der Waals surface area contributed by atoms with Crippen LogP contribution >= 0.6 is 6.64 Å². The number of nitrogens with zero attached hydrogens (tertiary/aromatic N) is 4. The van der Waals surface area contributed by atoms with Gasteiger partial charge in [-0.3, -0.25) is 9.36 Å². The summed E-state index contributed by atoms with van der Waals surface area (Å²) in [7, 11) is 1.64. The van der Waals surface area contributed by atoms with E-state index in [4.69, 9.17) is 36.1 Å². The minimum atomic E-state index is -3.55. The molecule has 2 aromatic carbocycles. The normalized spacial score (nSPS) is 24.0. The van der Waals surface area contributed by atoms with Gasteiger partial charge >= 0.3 is 12.6 Å². The van der Waals surface area contributed by atoms with Crippen LogP contribution in [0.25, 0.3) is 21.9 Å². The highest BCUT2D eigenvalue weighted by atomic mass is 32.5. The molecule has 3 heterocycles. The van der Waals surface area contributed by atoms with Gasteiger partial charge in [-0.25, -0.2) is 14.5 Å². The first-order valence-electron chi connectivity index (χ1n) is 13.9. The Hall–Kier alpha value is -3.46. The molecule has 44 heavy (non-hydrogen) atoms. The molecule has 1 aliphatic heterocycles. The Kier molecular flexibility index (Phi) is 9.08. The van der Waals surface area contributed by atoms with Gasteiger partial charge in [0.05, 0.1) is 19.0 Å². The van der Waals surface area contributed by atoms with Gasteiger partial charge in [-0.15, -0.1) is 0 Å². The summed E-state index contributed by atoms with van der Waals surface area (Å²) in [6, 6.07) is 12.1. The molecule has 0 radical (unpaired) electrons. The number of fused-ring (bicyclic) bond motifs is 2. The Morgan fingerprint density at radius 1 is 1.25 bits per heavy atom. The predicted octanol–water partition coefficient (Wildman–Crippen LogP) is 3.84. The van der Waals surface area contributed by atoms with Crippen LogP contribution in [0.2, 0.25) is 0 Å². The first kappa shape index (κ1) is 31.9. The molecule has 6 atom stereocenters. The number of nitrogens with one attached hydrogen (secondary N) is 2. The molecule has 16 heteroatoms. The molecule has 0 spiro atoms. The number of nitrogens with two attached hydrogens (primary N) is 1. The molecule has 2 aromatic heterocycles. The lowest BCUT2D eigenvalue weighted by Gasteiger charge is -2.28. The Bertz CT molecular complexity index is 1720. The number of alkyl halides is 1. The second-order valence-electron chi connectivity index (χ2n) is 10.8. The lowest BCUT2D eigenvalue weighted by molar-refractivity contribution is -0.149. The molecule has 0 aliphatic carbocycles. The van der Waals surface area contributed by atoms with Crippen molar-refractivity contribution in [3.8, 4) is 5.75 Å². The number of hydrogen-bond donors (Lipinski definition) is 4. The van der Waals surface area contributed by atoms with Gasteiger partial charge < -0.3 is 34.7 Å². The van der Waals surface area contributed by atoms with Crippen LogP contribution in [0, 0.1) is 0 Å². The van der Waals surface area contributed by atoms with Gasteiger partial charge in [-0.1, -0.05) is 36.4 Å². The molecule has 236 valence electrons. The minimum absolute atomic E-state index is 0.0509. The fraction of sp³-hybridized carbons (Fsp3) is 0.429. The summed E-state index contributed by atoms with van der Waals surface area (Å²) >= 11 is 5.86. The van der Waals surface area contributed by atoms with Gasteiger partial charge in [0.1, 0.15) is 24.0 Å². The number of nitrogen functional groups attached to an aromatic ring is 1. The number of benzene rings is 2. The second kappa shape index (κ2) is 12.5. The van der Waals surface area contributed by atoms with Crippen molar-refractivity contribution in [2.45, 2.75) is 63.9 Å². The number of aliphatic hydroxyl groups excluding tert-OH is 1. The molecule has 1 saturated heterocycles. The Balaban J connectivity index is 1.42. The maximum Gasteiger partial charge on any atom is 0.323 e. The van der Waals surface area contributed by atoms with E-state index in [1.807, 2.05) is 36.4 Å². The fourth-order valence-electron chi connectivity index (χ4n) is 4.92. The van der Waals surface area contributed by atoms with Gasteiger partial charge in [0.15, 0.2) is 28.9 Å². The third kappa shape index (κ3) is 6.34. The summed E-state index contributed by atoms with van der Waals surface area (Å²) < 4.78 is 41.3. The number of aromatic nitrogens is 4. The molecule has 5 rings (SSSR count). The highest BCUT2D eigenvalue weighted by molar-refractivity contribution is 8.09. The highest BCUT2D eigenvalue weighted by Crippen LogP contribution is 2.49. The molecule has 0 amide bonds. The molecule has 0 bridgehead atoms. The standard InChI is InChI=1S/C28H35FN7O6PS/c1-15(2)40-25(38)16(3)35-43(44,42-19-12-8-10-17-9-6-7-11-18(17)19)39-13-20-22(37)28(4,29)26(41-20)36-14-32-21-23(31-5)33-27(30)34-24(21)36/h6-12,14-16,20,22,26,37H,13H2,1-5H3,(H,35,44)(H3,30,31,33,34)/t16-,20-,22-,26-,28-,43-/m1/s1. The summed E-state index contributed by atoms with van der Waals surface area (Å²) in [5.41, 5.74) is 4.12. The van der Waals surface area contributed by atoms with Crippen molar-refractivity contribution in [3.05, 3.63) is 48.8 Å². The quantitative estimate of drug-likeness (QED) is 0.137. The average Bonchev–Trinajstić information content (AvgIpc) is 3.48. The van der Waals surface area contributed by atoms with Crippen molar-refractivity contribution in [2.75, 3.05) is 24.7 Å². The zero-order valence-electron chi connectivity index (χ0n) is 24.8. The lowest BCUT2D eigenvalue weighted by Crippen LogP contribution is -2.41. The maximum atomic E-state index is 16.2. The van der Waals surface area contributed by atoms with Crippen molar-refractivity contribution in [1.29, 1.82) is 0 Å². The Labute approximate surface area is 258 Å². The van der Waals surface area contributed by atoms with Crippen molar-refractivity contribution >= 4 is 58.1 Å². The van der Waals surface area contributed by atoms with E-state index < -0.39 is 42.8 Å². The summed E-state index contributed by atoms with van der Waals surface area (Å²) in [6.45, 7) is 2.33. The third-order valence-electron chi connectivity index (χ3n) is 7.08. The van der Waals surface area contributed by atoms with Gasteiger partial charge in [0, 0.05) is 12.4 Å². The average molecular weight is 648 g/mol. The number of halogens is 1. The van der Waals surface area contributed by atoms with E-state index in [0.29, 0.717) is 17.1 Å². The monoisotopic (exact) mass is 647 g/mol. The van der Waals surface area contributed by atoms with E-state index in [2.05, 4.69) is 25.4 Å². The summed E-state index contributed by atoms with van der Waals surface area (Å²) in [5.74, 6) is 0.173. The molecule has 13 nitrogen and oxygen atoms in total. The molecular formula is C28H35FN7O6PS. The molecule has 0 unspecified atom stereocenters. The van der Waals surface area contributed by atoms with Crippen molar-refractivity contribution in [2.24, 2.45) is 0 Å². The summed E-state index contributed by atoms with van der Waals surface area (Å²) in [4.78, 5) is 25.3. The first-order valence-corrected chi connectivity index (χ1v) is 16.6. The van der Waals surface area contributed by atoms with Crippen LogP contribution in [0.4, 0.5) is 16.2 Å². The van der Waals surface area contributed by atoms with Crippen LogP contribution in [0.15, 0.2) is 48.8 Å². The topological polar surface area (TPSA) is 168 Å². The maximum absolute atomic E-state index is 16.2. The Morgan fingerprint density at radius 2 is 1.98 bits per heavy atom. The first-order chi connectivity index (χ1) is 20.8. The van der Waals surface area contributed by atoms with Crippen LogP contribution in [0.5, 0.6) is 5.75 Å². The number of carbonyl (C=O) groups excluding carboxylic acids is 1. The molecule has 5 N–H and O–H groups in total. The van der Waals surface area contributed by atoms with Crippen LogP contribution in [-0.4, -0.2) is 74.3 Å². The fourth-order valence-corrected chi connectivity index (χ4v) is 7.34. The van der Waals surface area contributed by atoms with Crippen LogP contribution in [0.1, 0.15) is 33.9 Å². The lowest BCUT2D eigenvalue weighted by atomic mass is 9.98. The largest absolute Gasteiger partial charge is 0.462 e. The van der Waals surface area contributed by atoms with Crippen molar-refractivity contribution < 1.29 is 32.8 Å². The molecule has 1 fully saturated rings. The zero-order chi connectivity index (χ0) is 31.8. The van der Waals surface area contributed by atoms with E-state index in [-0.39, 0.29) is 24.3 Å². The van der Waals surface area contributed by atoms with Gasteiger partial charge in [0.2, 0.25) is 5.95 Å². The van der Waals surface area contributed by atoms with Gasteiger partial charge in [-0.05, 0) is 51.0 Å². The van der Waals surface area contributed by atoms with E-state index in [0.717, 1.165) is 10.8 Å². The third-order valence-corrected chi connectivity index (χ3v) is 9.56. The van der Waals surface area contributed by atoms with Crippen LogP contribution in [-0.2, 0) is 30.6 Å². The van der Waals surface area contributed by atoms with E-state index in [1.54, 1.807) is 33.9 Å². The van der Waals surface area contributed by atoms with Crippen LogP contribution < -0.4 is 20.7 Å². The van der Waals surface area contributed by atoms with Gasteiger partial charge in [0.25, 0.3) is 0 Å². The minimum Gasteiger partial charge on any atom is -0.462 e. The molecule has 1 aliphatic rings. The Morgan fingerprint density at radius 3 is 2.70 bits per heavy atom. The molecular weight excluding hydrogens is 612 g/mol. The number of ether oxygens (including phenoxy) is 2. The number of imidazole rings is 1. The van der Waals surface area contributed by atoms with Crippen molar-refractivity contribution in [3.63, 3.8) is 0 Å². The smallest absolute Gasteiger partial charge is 0.323 e. The molecule has 0 saturated carbocycles. The van der Waals surface area contributed by atoms with E-state index >= 15 is 4.39 Å². The zero-order valence-corrected chi connectivity index (χ0v) is 26.5. The number of anilines is 2. The second-order valence-corrected chi connectivity index (χ2v) is 14.0. The highest BCUT2D eigenvalue weighted by Gasteiger charge is 2.56. The summed E-state index contributed by atoms with van der Waals surface area (Å²) in [5, 5.41) is 18.6. The number of aliphatic hydroxyl groups is 1. The van der Waals surface area contributed by atoms with E-state index in [9.17, 15) is 9.90 Å². The number of esters is 1. The van der Waals surface area contributed by atoms with Crippen molar-refractivity contribution in [1.82, 2.24) is 24.6 Å². The number of carbonyl (C=O) groups is 1.